The molecule has 0 amide bonds. The van der Waals surface area contributed by atoms with Gasteiger partial charge in [0, 0.05) is 26.2 Å². The van der Waals surface area contributed by atoms with Gasteiger partial charge in [-0.3, -0.25) is 4.99 Å². The lowest BCUT2D eigenvalue weighted by Gasteiger charge is -2.26. The first kappa shape index (κ1) is 18.9. The Morgan fingerprint density at radius 3 is 2.52 bits per heavy atom. The van der Waals surface area contributed by atoms with Crippen LogP contribution in [0.4, 0.5) is 17.1 Å². The molecule has 0 heterocycles. The van der Waals surface area contributed by atoms with Crippen molar-refractivity contribution < 1.29 is 4.74 Å². The summed E-state index contributed by atoms with van der Waals surface area (Å²) in [5.41, 5.74) is 14.3. The third kappa shape index (κ3) is 5.52. The maximum Gasteiger partial charge on any atom is 0.192 e. The second kappa shape index (κ2) is 9.09. The van der Waals surface area contributed by atoms with Crippen molar-refractivity contribution in [2.75, 3.05) is 63.8 Å². The molecule has 0 aliphatic carbocycles. The Kier molecular flexibility index (Phi) is 7.47. The Morgan fingerprint density at radius 2 is 2.00 bits per heavy atom. The number of hydrogen-bond donors (Lipinski definition) is 3. The van der Waals surface area contributed by atoms with Crippen molar-refractivity contribution in [2.24, 2.45) is 10.7 Å². The summed E-state index contributed by atoms with van der Waals surface area (Å²) in [6.07, 6.45) is 1.07. The maximum atomic E-state index is 6.24. The van der Waals surface area contributed by atoms with E-state index in [-0.39, 0.29) is 0 Å². The predicted molar refractivity (Wildman–Crippen MR) is 99.6 cm³/mol. The molecular weight excluding hydrogens is 292 g/mol. The molecule has 0 bridgehead atoms. The average molecular weight is 322 g/mol. The molecule has 1 rings (SSSR count). The van der Waals surface area contributed by atoms with Crippen LogP contribution >= 0.6 is 0 Å². The van der Waals surface area contributed by atoms with Gasteiger partial charge >= 0.3 is 0 Å². The average Bonchev–Trinajstić information content (AvgIpc) is 2.52. The summed E-state index contributed by atoms with van der Waals surface area (Å²) in [5, 5.41) is 2.99. The van der Waals surface area contributed by atoms with Crippen molar-refractivity contribution in [1.29, 1.82) is 0 Å². The van der Waals surface area contributed by atoms with Gasteiger partial charge in [-0.25, -0.2) is 0 Å². The van der Waals surface area contributed by atoms with Crippen molar-refractivity contribution in [3.05, 3.63) is 12.1 Å². The number of methoxy groups -OCH3 is 1. The van der Waals surface area contributed by atoms with Gasteiger partial charge in [-0.1, -0.05) is 0 Å². The van der Waals surface area contributed by atoms with E-state index in [9.17, 15) is 0 Å². The zero-order valence-corrected chi connectivity index (χ0v) is 14.9. The topological polar surface area (TPSA) is 92.1 Å². The van der Waals surface area contributed by atoms with E-state index in [1.54, 1.807) is 14.2 Å². The minimum atomic E-state index is 0.314. The van der Waals surface area contributed by atoms with Crippen molar-refractivity contribution in [1.82, 2.24) is 4.90 Å². The molecule has 23 heavy (non-hydrogen) atoms. The SMILES string of the molecule is CCN(CCCN(C)C)c1cc(OC)c(NC(N)=NC)cc1N. The van der Waals surface area contributed by atoms with Crippen LogP contribution in [0.2, 0.25) is 0 Å². The number of anilines is 3. The highest BCUT2D eigenvalue weighted by Crippen LogP contribution is 2.35. The molecule has 130 valence electrons. The first-order valence-corrected chi connectivity index (χ1v) is 7.79. The van der Waals surface area contributed by atoms with Crippen LogP contribution in [0.5, 0.6) is 5.75 Å². The summed E-state index contributed by atoms with van der Waals surface area (Å²) in [6.45, 7) is 4.98. The van der Waals surface area contributed by atoms with Gasteiger partial charge < -0.3 is 31.3 Å². The number of ether oxygens (including phenoxy) is 1. The van der Waals surface area contributed by atoms with E-state index in [4.69, 9.17) is 16.2 Å². The number of aliphatic imine (C=N–C) groups is 1. The summed E-state index contributed by atoms with van der Waals surface area (Å²) >= 11 is 0. The van der Waals surface area contributed by atoms with Gasteiger partial charge in [0.25, 0.3) is 0 Å². The highest BCUT2D eigenvalue weighted by atomic mass is 16.5. The standard InChI is InChI=1S/C16H30N6O/c1-6-22(9-7-8-21(3)4)14-11-15(23-5)13(10-12(14)17)20-16(18)19-2/h10-11H,6-9,17H2,1-5H3,(H3,18,19,20). The van der Waals surface area contributed by atoms with E-state index < -0.39 is 0 Å². The van der Waals surface area contributed by atoms with Crippen LogP contribution in [0.1, 0.15) is 13.3 Å². The Hall–Kier alpha value is -2.15. The summed E-state index contributed by atoms with van der Waals surface area (Å²) in [7, 11) is 7.40. The summed E-state index contributed by atoms with van der Waals surface area (Å²) in [5.74, 6) is 1.00. The van der Waals surface area contributed by atoms with Crippen molar-refractivity contribution in [3.63, 3.8) is 0 Å². The molecule has 0 fully saturated rings. The number of rotatable bonds is 8. The van der Waals surface area contributed by atoms with Crippen LogP contribution < -0.4 is 26.4 Å². The number of nitrogens with two attached hydrogens (primary N) is 2. The lowest BCUT2D eigenvalue weighted by Crippen LogP contribution is -2.28. The predicted octanol–water partition coefficient (Wildman–Crippen LogP) is 1.41. The second-order valence-electron chi connectivity index (χ2n) is 5.58. The molecule has 0 spiro atoms. The molecule has 0 radical (unpaired) electrons. The van der Waals surface area contributed by atoms with Crippen molar-refractivity contribution >= 4 is 23.0 Å². The van der Waals surface area contributed by atoms with Crippen LogP contribution in [0.15, 0.2) is 17.1 Å². The Balaban J connectivity index is 3.01. The summed E-state index contributed by atoms with van der Waals surface area (Å²) in [4.78, 5) is 8.32. The Bertz CT molecular complexity index is 530. The monoisotopic (exact) mass is 322 g/mol. The maximum absolute atomic E-state index is 6.24. The zero-order chi connectivity index (χ0) is 17.4. The number of nitrogens with one attached hydrogen (secondary N) is 1. The molecule has 1 aromatic carbocycles. The zero-order valence-electron chi connectivity index (χ0n) is 14.9. The number of hydrogen-bond acceptors (Lipinski definition) is 5. The lowest BCUT2D eigenvalue weighted by molar-refractivity contribution is 0.400. The summed E-state index contributed by atoms with van der Waals surface area (Å²) < 4.78 is 5.46. The number of guanidine groups is 1. The lowest BCUT2D eigenvalue weighted by atomic mass is 10.2. The van der Waals surface area contributed by atoms with Crippen LogP contribution in [0, 0.1) is 0 Å². The Labute approximate surface area is 139 Å². The molecule has 0 saturated heterocycles. The van der Waals surface area contributed by atoms with Gasteiger partial charge in [-0.2, -0.15) is 0 Å². The van der Waals surface area contributed by atoms with E-state index in [2.05, 4.69) is 41.1 Å². The fourth-order valence-corrected chi connectivity index (χ4v) is 2.35. The smallest absolute Gasteiger partial charge is 0.192 e. The van der Waals surface area contributed by atoms with E-state index in [0.717, 1.165) is 31.7 Å². The third-order valence-electron chi connectivity index (χ3n) is 3.61. The van der Waals surface area contributed by atoms with E-state index in [0.29, 0.717) is 23.1 Å². The summed E-state index contributed by atoms with van der Waals surface area (Å²) in [6, 6.07) is 3.78. The van der Waals surface area contributed by atoms with Crippen LogP contribution in [-0.2, 0) is 0 Å². The highest BCUT2D eigenvalue weighted by molar-refractivity contribution is 5.95. The number of nitrogens with zero attached hydrogens (tertiary/aromatic N) is 3. The Morgan fingerprint density at radius 1 is 1.30 bits per heavy atom. The number of benzene rings is 1. The van der Waals surface area contributed by atoms with Gasteiger partial charge in [-0.15, -0.1) is 0 Å². The largest absolute Gasteiger partial charge is 0.494 e. The molecule has 0 aliphatic rings. The fourth-order valence-electron chi connectivity index (χ4n) is 2.35. The molecule has 0 unspecified atom stereocenters. The number of nitrogen functional groups attached to an aromatic ring is 1. The minimum Gasteiger partial charge on any atom is -0.494 e. The molecule has 5 N–H and O–H groups in total. The fraction of sp³-hybridized carbons (Fsp3) is 0.562. The second-order valence-corrected chi connectivity index (χ2v) is 5.58. The quantitative estimate of drug-likeness (QED) is 0.381. The first-order valence-electron chi connectivity index (χ1n) is 7.79. The van der Waals surface area contributed by atoms with Crippen LogP contribution in [0.3, 0.4) is 0 Å². The molecule has 0 atom stereocenters. The van der Waals surface area contributed by atoms with Gasteiger partial charge in [0.2, 0.25) is 0 Å². The molecule has 0 saturated carbocycles. The normalized spacial score (nSPS) is 11.7. The van der Waals surface area contributed by atoms with Crippen LogP contribution in [-0.4, -0.2) is 58.7 Å². The molecule has 0 aliphatic heterocycles. The van der Waals surface area contributed by atoms with E-state index in [1.165, 1.54) is 0 Å². The highest BCUT2D eigenvalue weighted by Gasteiger charge is 2.14. The molecule has 0 aromatic heterocycles. The van der Waals surface area contributed by atoms with E-state index in [1.807, 2.05) is 12.1 Å². The molecule has 7 nitrogen and oxygen atoms in total. The van der Waals surface area contributed by atoms with Crippen LogP contribution in [0.25, 0.3) is 0 Å². The molecular formula is C16H30N6O. The first-order chi connectivity index (χ1) is 10.9. The third-order valence-corrected chi connectivity index (χ3v) is 3.61. The molecule has 1 aromatic rings. The van der Waals surface area contributed by atoms with Crippen molar-refractivity contribution in [3.8, 4) is 5.75 Å². The van der Waals surface area contributed by atoms with Gasteiger partial charge in [0.1, 0.15) is 5.75 Å². The van der Waals surface area contributed by atoms with Gasteiger partial charge in [0.05, 0.1) is 24.2 Å². The minimum absolute atomic E-state index is 0.314. The van der Waals surface area contributed by atoms with Gasteiger partial charge in [0.15, 0.2) is 5.96 Å². The van der Waals surface area contributed by atoms with Crippen molar-refractivity contribution in [2.45, 2.75) is 13.3 Å². The van der Waals surface area contributed by atoms with E-state index >= 15 is 0 Å². The van der Waals surface area contributed by atoms with Gasteiger partial charge in [-0.05, 0) is 40.1 Å². The molecule has 7 heteroatoms.